The molecule has 1 aromatic carbocycles. The third-order valence-electron chi connectivity index (χ3n) is 2.96. The van der Waals surface area contributed by atoms with Gasteiger partial charge in [0.05, 0.1) is 11.0 Å². The van der Waals surface area contributed by atoms with Crippen molar-refractivity contribution in [1.29, 1.82) is 0 Å². The average molecular weight is 310 g/mol. The van der Waals surface area contributed by atoms with Crippen LogP contribution in [0.25, 0.3) is 0 Å². The molecule has 1 aromatic heterocycles. The van der Waals surface area contributed by atoms with Crippen LogP contribution in [0.1, 0.15) is 24.4 Å². The Morgan fingerprint density at radius 1 is 1.33 bits per heavy atom. The zero-order valence-corrected chi connectivity index (χ0v) is 12.7. The first-order valence-electron chi connectivity index (χ1n) is 6.51. The van der Waals surface area contributed by atoms with E-state index in [0.717, 1.165) is 0 Å². The van der Waals surface area contributed by atoms with Crippen molar-refractivity contribution in [2.24, 2.45) is 7.05 Å². The molecule has 0 radical (unpaired) electrons. The van der Waals surface area contributed by atoms with E-state index in [2.05, 4.69) is 14.8 Å². The van der Waals surface area contributed by atoms with Crippen molar-refractivity contribution < 1.29 is 13.5 Å². The van der Waals surface area contributed by atoms with Crippen LogP contribution in [-0.2, 0) is 23.5 Å². The normalized spacial score (nSPS) is 13.3. The predicted octanol–water partition coefficient (Wildman–Crippen LogP) is 0.389. The zero-order chi connectivity index (χ0) is 15.5. The lowest BCUT2D eigenvalue weighted by Crippen LogP contribution is -2.26. The second-order valence-corrected chi connectivity index (χ2v) is 6.49. The molecule has 2 rings (SSSR count). The highest BCUT2D eigenvalue weighted by Crippen LogP contribution is 2.15. The van der Waals surface area contributed by atoms with Crippen molar-refractivity contribution in [1.82, 2.24) is 19.5 Å². The van der Waals surface area contributed by atoms with Gasteiger partial charge in [-0.15, -0.1) is 0 Å². The summed E-state index contributed by atoms with van der Waals surface area (Å²) in [5.41, 5.74) is 0.673. The highest BCUT2D eigenvalue weighted by molar-refractivity contribution is 7.89. The number of aromatic nitrogens is 3. The summed E-state index contributed by atoms with van der Waals surface area (Å²) in [6.45, 7) is 1.85. The number of hydrogen-bond acceptors (Lipinski definition) is 5. The van der Waals surface area contributed by atoms with Gasteiger partial charge in [0.15, 0.2) is 5.82 Å². The molecule has 1 heterocycles. The lowest BCUT2D eigenvalue weighted by atomic mass is 10.1. The van der Waals surface area contributed by atoms with E-state index in [0.29, 0.717) is 17.8 Å². The van der Waals surface area contributed by atoms with Gasteiger partial charge in [-0.05, 0) is 24.6 Å². The van der Waals surface area contributed by atoms with Crippen molar-refractivity contribution in [2.75, 3.05) is 6.54 Å². The highest BCUT2D eigenvalue weighted by atomic mass is 32.2. The summed E-state index contributed by atoms with van der Waals surface area (Å²) in [7, 11) is -1.81. The van der Waals surface area contributed by atoms with E-state index < -0.39 is 16.1 Å². The fraction of sp³-hybridized carbons (Fsp3) is 0.385. The van der Waals surface area contributed by atoms with Gasteiger partial charge in [-0.25, -0.2) is 18.1 Å². The van der Waals surface area contributed by atoms with Crippen molar-refractivity contribution in [2.45, 2.75) is 24.3 Å². The maximum atomic E-state index is 12.1. The van der Waals surface area contributed by atoms with Crippen molar-refractivity contribution in [3.05, 3.63) is 42.0 Å². The van der Waals surface area contributed by atoms with Crippen LogP contribution < -0.4 is 4.72 Å². The first-order chi connectivity index (χ1) is 9.88. The minimum Gasteiger partial charge on any atom is -0.389 e. The largest absolute Gasteiger partial charge is 0.389 e. The van der Waals surface area contributed by atoms with Crippen molar-refractivity contribution in [3.8, 4) is 0 Å². The number of sulfonamides is 1. The molecular weight excluding hydrogens is 292 g/mol. The monoisotopic (exact) mass is 310 g/mol. The number of rotatable bonds is 6. The number of aliphatic hydroxyl groups excluding tert-OH is 1. The Morgan fingerprint density at radius 3 is 2.52 bits per heavy atom. The molecule has 2 N–H and O–H groups in total. The number of nitrogens with one attached hydrogen (secondary N) is 1. The van der Waals surface area contributed by atoms with E-state index in [1.807, 2.05) is 0 Å². The van der Waals surface area contributed by atoms with Crippen LogP contribution in [0, 0.1) is 0 Å². The molecule has 0 aliphatic rings. The van der Waals surface area contributed by atoms with Crippen LogP contribution in [0.5, 0.6) is 0 Å². The van der Waals surface area contributed by atoms with Crippen LogP contribution in [0.4, 0.5) is 0 Å². The summed E-state index contributed by atoms with van der Waals surface area (Å²) in [6, 6.07) is 6.14. The summed E-state index contributed by atoms with van der Waals surface area (Å²) in [5.74, 6) is 0.588. The Morgan fingerprint density at radius 2 is 2.00 bits per heavy atom. The number of nitrogens with zero attached hydrogens (tertiary/aromatic N) is 3. The Hall–Kier alpha value is -1.77. The van der Waals surface area contributed by atoms with Crippen molar-refractivity contribution >= 4 is 10.0 Å². The first kappa shape index (κ1) is 15.6. The molecule has 8 heteroatoms. The van der Waals surface area contributed by atoms with Gasteiger partial charge in [0.25, 0.3) is 0 Å². The van der Waals surface area contributed by atoms with Gasteiger partial charge in [-0.3, -0.25) is 4.68 Å². The second-order valence-electron chi connectivity index (χ2n) is 4.73. The number of benzene rings is 1. The predicted molar refractivity (Wildman–Crippen MR) is 77.0 cm³/mol. The molecule has 0 aliphatic carbocycles. The van der Waals surface area contributed by atoms with E-state index in [1.54, 1.807) is 37.1 Å². The maximum Gasteiger partial charge on any atom is 0.240 e. The molecular formula is C13H18N4O3S. The molecule has 114 valence electrons. The summed E-state index contributed by atoms with van der Waals surface area (Å²) in [6.07, 6.45) is 1.37. The van der Waals surface area contributed by atoms with Crippen LogP contribution in [0.3, 0.4) is 0 Å². The summed E-state index contributed by atoms with van der Waals surface area (Å²) < 4.78 is 28.2. The Bertz CT molecular complexity index is 692. The Labute approximate surface area is 123 Å². The molecule has 0 bridgehead atoms. The zero-order valence-electron chi connectivity index (χ0n) is 11.9. The smallest absolute Gasteiger partial charge is 0.240 e. The SMILES string of the molecule is CC(O)c1ccc(S(=O)(=O)NCCc2ncn(C)n2)cc1. The third kappa shape index (κ3) is 4.10. The van der Waals surface area contributed by atoms with E-state index in [4.69, 9.17) is 0 Å². The molecule has 21 heavy (non-hydrogen) atoms. The highest BCUT2D eigenvalue weighted by Gasteiger charge is 2.14. The van der Waals surface area contributed by atoms with Gasteiger partial charge in [-0.2, -0.15) is 5.10 Å². The molecule has 0 amide bonds. The van der Waals surface area contributed by atoms with Gasteiger partial charge < -0.3 is 5.11 Å². The number of hydrogen-bond donors (Lipinski definition) is 2. The lowest BCUT2D eigenvalue weighted by molar-refractivity contribution is 0.199. The fourth-order valence-corrected chi connectivity index (χ4v) is 2.84. The molecule has 1 unspecified atom stereocenters. The Balaban J connectivity index is 1.97. The quantitative estimate of drug-likeness (QED) is 0.804. The van der Waals surface area contributed by atoms with Crippen LogP contribution in [0.2, 0.25) is 0 Å². The standard InChI is InChI=1S/C13H18N4O3S/c1-10(18)11-3-5-12(6-4-11)21(19,20)15-8-7-13-14-9-17(2)16-13/h3-6,9-10,15,18H,7-8H2,1-2H3. The first-order valence-corrected chi connectivity index (χ1v) is 7.99. The van der Waals surface area contributed by atoms with Gasteiger partial charge >= 0.3 is 0 Å². The van der Waals surface area contributed by atoms with Gasteiger partial charge in [0.1, 0.15) is 6.33 Å². The van der Waals surface area contributed by atoms with Crippen LogP contribution in [-0.4, -0.2) is 34.8 Å². The van der Waals surface area contributed by atoms with Gasteiger partial charge in [0, 0.05) is 20.0 Å². The number of aliphatic hydroxyl groups is 1. The molecule has 0 fully saturated rings. The molecule has 0 aliphatic heterocycles. The summed E-state index contributed by atoms with van der Waals surface area (Å²) >= 11 is 0. The molecule has 0 saturated heterocycles. The minimum atomic E-state index is -3.56. The Kier molecular flexibility index (Phi) is 4.71. The third-order valence-corrected chi connectivity index (χ3v) is 4.44. The van der Waals surface area contributed by atoms with Gasteiger partial charge in [0.2, 0.25) is 10.0 Å². The molecule has 7 nitrogen and oxygen atoms in total. The fourth-order valence-electron chi connectivity index (χ4n) is 1.80. The molecule has 0 spiro atoms. The topological polar surface area (TPSA) is 97.1 Å². The molecule has 0 saturated carbocycles. The maximum absolute atomic E-state index is 12.1. The van der Waals surface area contributed by atoms with Crippen molar-refractivity contribution in [3.63, 3.8) is 0 Å². The average Bonchev–Trinajstić information content (AvgIpc) is 2.84. The molecule has 1 atom stereocenters. The van der Waals surface area contributed by atoms with E-state index in [9.17, 15) is 13.5 Å². The van der Waals surface area contributed by atoms with Gasteiger partial charge in [-0.1, -0.05) is 12.1 Å². The minimum absolute atomic E-state index is 0.167. The molecule has 2 aromatic rings. The summed E-state index contributed by atoms with van der Waals surface area (Å²) in [4.78, 5) is 4.20. The number of aryl methyl sites for hydroxylation is 1. The second kappa shape index (κ2) is 6.33. The van der Waals surface area contributed by atoms with E-state index >= 15 is 0 Å². The van der Waals surface area contributed by atoms with E-state index in [1.165, 1.54) is 12.1 Å². The van der Waals surface area contributed by atoms with Crippen LogP contribution in [0.15, 0.2) is 35.5 Å². The van der Waals surface area contributed by atoms with Crippen LogP contribution >= 0.6 is 0 Å². The van der Waals surface area contributed by atoms with E-state index in [-0.39, 0.29) is 11.4 Å². The summed E-state index contributed by atoms with van der Waals surface area (Å²) in [5, 5.41) is 13.5. The lowest BCUT2D eigenvalue weighted by Gasteiger charge is -2.08.